The number of nitriles is 1. The molecule has 1 spiro atoms. The number of rotatable bonds is 6. The van der Waals surface area contributed by atoms with Crippen molar-refractivity contribution >= 4 is 6.01 Å². The summed E-state index contributed by atoms with van der Waals surface area (Å²) in [6.07, 6.45) is 4.24. The first kappa shape index (κ1) is 22.1. The van der Waals surface area contributed by atoms with Crippen LogP contribution in [0.15, 0.2) is 29.0 Å². The molecule has 0 aliphatic carbocycles. The van der Waals surface area contributed by atoms with Crippen molar-refractivity contribution in [1.29, 1.82) is 5.26 Å². The van der Waals surface area contributed by atoms with E-state index in [2.05, 4.69) is 26.1 Å². The number of anilines is 1. The zero-order valence-corrected chi connectivity index (χ0v) is 19.2. The predicted molar refractivity (Wildman–Crippen MR) is 118 cm³/mol. The smallest absolute Gasteiger partial charge is 0.318 e. The molecule has 5 rings (SSSR count). The van der Waals surface area contributed by atoms with Gasteiger partial charge in [0.05, 0.1) is 31.2 Å². The first-order valence-corrected chi connectivity index (χ1v) is 11.6. The number of hydrogen-bond acceptors (Lipinski definition) is 8. The molecule has 1 aromatic heterocycles. The van der Waals surface area contributed by atoms with Crippen LogP contribution in [0.4, 0.5) is 10.4 Å². The lowest BCUT2D eigenvalue weighted by molar-refractivity contribution is -0.0216. The van der Waals surface area contributed by atoms with Crippen LogP contribution in [0.3, 0.4) is 0 Å². The Labute approximate surface area is 193 Å². The van der Waals surface area contributed by atoms with E-state index >= 15 is 0 Å². The fraction of sp³-hybridized carbons (Fsp3) is 0.625. The summed E-state index contributed by atoms with van der Waals surface area (Å²) < 4.78 is 31.6. The summed E-state index contributed by atoms with van der Waals surface area (Å²) in [6.45, 7) is 8.16. The quantitative estimate of drug-likeness (QED) is 0.655. The SMILES string of the molecule is CC(C)(C#N)COc1ccc(F)cc1C1CCN([C@@H]2COC3(C2)CN(c2nnco2)C3)CC1. The van der Waals surface area contributed by atoms with Gasteiger partial charge in [0.2, 0.25) is 6.39 Å². The summed E-state index contributed by atoms with van der Waals surface area (Å²) in [4.78, 5) is 4.57. The van der Waals surface area contributed by atoms with Gasteiger partial charge in [-0.15, -0.1) is 5.10 Å². The number of likely N-dealkylation sites (tertiary alicyclic amines) is 1. The van der Waals surface area contributed by atoms with Crippen LogP contribution in [0.2, 0.25) is 0 Å². The average molecular weight is 456 g/mol. The van der Waals surface area contributed by atoms with Crippen molar-refractivity contribution in [3.8, 4) is 11.8 Å². The number of ether oxygens (including phenoxy) is 2. The van der Waals surface area contributed by atoms with Gasteiger partial charge in [-0.25, -0.2) is 4.39 Å². The molecule has 1 atom stereocenters. The third-order valence-corrected chi connectivity index (χ3v) is 7.12. The van der Waals surface area contributed by atoms with E-state index in [9.17, 15) is 9.65 Å². The minimum atomic E-state index is -0.589. The zero-order chi connectivity index (χ0) is 23.1. The molecule has 0 radical (unpaired) electrons. The third kappa shape index (κ3) is 4.55. The van der Waals surface area contributed by atoms with Gasteiger partial charge in [0.25, 0.3) is 0 Å². The fourth-order valence-electron chi connectivity index (χ4n) is 5.20. The van der Waals surface area contributed by atoms with Crippen molar-refractivity contribution in [3.05, 3.63) is 36.0 Å². The highest BCUT2D eigenvalue weighted by Crippen LogP contribution is 2.41. The Morgan fingerprint density at radius 1 is 1.30 bits per heavy atom. The van der Waals surface area contributed by atoms with E-state index < -0.39 is 5.41 Å². The van der Waals surface area contributed by atoms with Crippen LogP contribution in [0.5, 0.6) is 5.75 Å². The lowest BCUT2D eigenvalue weighted by Gasteiger charge is -2.46. The molecule has 3 fully saturated rings. The molecule has 33 heavy (non-hydrogen) atoms. The largest absolute Gasteiger partial charge is 0.492 e. The second kappa shape index (κ2) is 8.58. The van der Waals surface area contributed by atoms with E-state index in [1.807, 2.05) is 13.8 Å². The van der Waals surface area contributed by atoms with Gasteiger partial charge in [-0.05, 0) is 70.3 Å². The molecule has 0 amide bonds. The number of aromatic nitrogens is 2. The van der Waals surface area contributed by atoms with Gasteiger partial charge in [-0.3, -0.25) is 4.90 Å². The van der Waals surface area contributed by atoms with Crippen molar-refractivity contribution in [3.63, 3.8) is 0 Å². The monoisotopic (exact) mass is 455 g/mol. The summed E-state index contributed by atoms with van der Waals surface area (Å²) in [5.41, 5.74) is 0.206. The third-order valence-electron chi connectivity index (χ3n) is 7.12. The lowest BCUT2D eigenvalue weighted by atomic mass is 9.86. The molecule has 1 aromatic carbocycles. The van der Waals surface area contributed by atoms with Gasteiger partial charge in [0.1, 0.15) is 23.8 Å². The number of piperidine rings is 1. The molecule has 9 heteroatoms. The number of benzene rings is 1. The average Bonchev–Trinajstić information content (AvgIpc) is 3.48. The minimum absolute atomic E-state index is 0.118. The fourth-order valence-corrected chi connectivity index (χ4v) is 5.20. The molecular formula is C24H30FN5O3. The molecular weight excluding hydrogens is 425 g/mol. The summed E-state index contributed by atoms with van der Waals surface area (Å²) in [6, 6.07) is 7.94. The first-order chi connectivity index (χ1) is 15.9. The molecule has 3 aliphatic heterocycles. The molecule has 0 saturated carbocycles. The summed E-state index contributed by atoms with van der Waals surface area (Å²) in [7, 11) is 0. The Hall–Kier alpha value is -2.70. The first-order valence-electron chi connectivity index (χ1n) is 11.6. The van der Waals surface area contributed by atoms with Crippen LogP contribution in [0.25, 0.3) is 0 Å². The molecule has 0 unspecified atom stereocenters. The van der Waals surface area contributed by atoms with Gasteiger partial charge in [-0.2, -0.15) is 5.26 Å². The maximum atomic E-state index is 14.1. The second-order valence-corrected chi connectivity index (χ2v) is 10.2. The number of halogens is 1. The molecule has 4 heterocycles. The molecule has 8 nitrogen and oxygen atoms in total. The van der Waals surface area contributed by atoms with Crippen LogP contribution in [-0.2, 0) is 4.74 Å². The molecule has 0 N–H and O–H groups in total. The van der Waals surface area contributed by atoms with Crippen LogP contribution < -0.4 is 9.64 Å². The Morgan fingerprint density at radius 3 is 2.79 bits per heavy atom. The van der Waals surface area contributed by atoms with Gasteiger partial charge in [-0.1, -0.05) is 5.10 Å². The Morgan fingerprint density at radius 2 is 2.09 bits per heavy atom. The van der Waals surface area contributed by atoms with E-state index in [1.165, 1.54) is 12.5 Å². The topological polar surface area (TPSA) is 87.6 Å². The standard InChI is InChI=1S/C24H30FN5O3/c1-23(2,12-26)15-31-21-4-3-18(25)9-20(21)17-5-7-29(8-6-17)19-10-24(33-11-19)13-30(14-24)22-28-27-16-32-22/h3-4,9,16-17,19H,5-8,10-11,13-15H2,1-2H3/t19-/m0/s1. The van der Waals surface area contributed by atoms with E-state index in [4.69, 9.17) is 13.9 Å². The van der Waals surface area contributed by atoms with Gasteiger partial charge >= 0.3 is 6.01 Å². The normalized spacial score (nSPS) is 23.5. The van der Waals surface area contributed by atoms with E-state index in [-0.39, 0.29) is 23.9 Å². The van der Waals surface area contributed by atoms with Gasteiger partial charge in [0.15, 0.2) is 0 Å². The van der Waals surface area contributed by atoms with Crippen LogP contribution in [0.1, 0.15) is 44.6 Å². The van der Waals surface area contributed by atoms with Crippen molar-refractivity contribution in [1.82, 2.24) is 15.1 Å². The van der Waals surface area contributed by atoms with Crippen LogP contribution >= 0.6 is 0 Å². The number of hydrogen-bond donors (Lipinski definition) is 0. The van der Waals surface area contributed by atoms with Crippen LogP contribution in [0, 0.1) is 22.6 Å². The highest BCUT2D eigenvalue weighted by molar-refractivity contribution is 5.38. The number of nitrogens with zero attached hydrogens (tertiary/aromatic N) is 5. The maximum Gasteiger partial charge on any atom is 0.318 e. The molecule has 176 valence electrons. The zero-order valence-electron chi connectivity index (χ0n) is 19.2. The van der Waals surface area contributed by atoms with E-state index in [0.29, 0.717) is 17.8 Å². The molecule has 0 bridgehead atoms. The second-order valence-electron chi connectivity index (χ2n) is 10.2. The predicted octanol–water partition coefficient (Wildman–Crippen LogP) is 3.36. The Bertz CT molecular complexity index is 1010. The molecule has 3 aliphatic rings. The highest BCUT2D eigenvalue weighted by Gasteiger charge is 2.52. The minimum Gasteiger partial charge on any atom is -0.492 e. The highest BCUT2D eigenvalue weighted by atomic mass is 19.1. The van der Waals surface area contributed by atoms with Crippen LogP contribution in [-0.4, -0.2) is 66.1 Å². The van der Waals surface area contributed by atoms with Crippen molar-refractivity contribution in [2.24, 2.45) is 5.41 Å². The van der Waals surface area contributed by atoms with Gasteiger partial charge < -0.3 is 18.8 Å². The molecule has 3 saturated heterocycles. The van der Waals surface area contributed by atoms with Crippen molar-refractivity contribution < 1.29 is 18.3 Å². The Kier molecular flexibility index (Phi) is 5.75. The lowest BCUT2D eigenvalue weighted by Crippen LogP contribution is -2.62. The Balaban J connectivity index is 1.17. The maximum absolute atomic E-state index is 14.1. The van der Waals surface area contributed by atoms with E-state index in [0.717, 1.165) is 57.6 Å². The van der Waals surface area contributed by atoms with E-state index in [1.54, 1.807) is 12.1 Å². The summed E-state index contributed by atoms with van der Waals surface area (Å²) in [5.74, 6) is 0.684. The van der Waals surface area contributed by atoms with Gasteiger partial charge in [0, 0.05) is 11.6 Å². The van der Waals surface area contributed by atoms with Crippen molar-refractivity contribution in [2.45, 2.75) is 50.7 Å². The molecule has 2 aromatic rings. The van der Waals surface area contributed by atoms with Crippen molar-refractivity contribution in [2.75, 3.05) is 44.3 Å². The summed E-state index contributed by atoms with van der Waals surface area (Å²) in [5, 5.41) is 17.0. The summed E-state index contributed by atoms with van der Waals surface area (Å²) >= 11 is 0.